The smallest absolute Gasteiger partial charge is 0.410 e. The van der Waals surface area contributed by atoms with Crippen molar-refractivity contribution in [2.75, 3.05) is 13.1 Å². The quantitative estimate of drug-likeness (QED) is 0.724. The van der Waals surface area contributed by atoms with E-state index in [0.717, 1.165) is 18.4 Å². The van der Waals surface area contributed by atoms with Crippen LogP contribution in [0, 0.1) is 0 Å². The van der Waals surface area contributed by atoms with Gasteiger partial charge in [-0.1, -0.05) is 28.1 Å². The molecule has 1 saturated heterocycles. The number of amides is 1. The Hall–Kier alpha value is -1.12. The molecule has 1 aromatic rings. The molecule has 0 saturated carbocycles. The fraction of sp³-hybridized carbons (Fsp3) is 0.588. The van der Waals surface area contributed by atoms with Gasteiger partial charge in [-0.15, -0.1) is 0 Å². The normalized spacial score (nSPS) is 18.4. The molecular formula is C17H25BrN2O4S. The molecule has 0 aliphatic carbocycles. The zero-order valence-corrected chi connectivity index (χ0v) is 17.2. The van der Waals surface area contributed by atoms with Gasteiger partial charge in [-0.25, -0.2) is 17.9 Å². The Kier molecular flexibility index (Phi) is 6.51. The minimum absolute atomic E-state index is 0.182. The summed E-state index contributed by atoms with van der Waals surface area (Å²) in [6, 6.07) is 6.52. The number of sulfonamides is 1. The van der Waals surface area contributed by atoms with Crippen LogP contribution in [0.3, 0.4) is 0 Å². The second-order valence-electron chi connectivity index (χ2n) is 7.10. The van der Waals surface area contributed by atoms with Crippen LogP contribution in [0.4, 0.5) is 4.79 Å². The highest BCUT2D eigenvalue weighted by molar-refractivity contribution is 9.08. The number of nitrogens with zero attached hydrogens (tertiary/aromatic N) is 1. The number of rotatable bonds is 5. The molecule has 1 atom stereocenters. The van der Waals surface area contributed by atoms with Gasteiger partial charge < -0.3 is 9.64 Å². The maximum absolute atomic E-state index is 12.4. The Labute approximate surface area is 158 Å². The van der Waals surface area contributed by atoms with Gasteiger partial charge in [0.1, 0.15) is 5.60 Å². The number of likely N-dealkylation sites (tertiary alicyclic amines) is 1. The van der Waals surface area contributed by atoms with E-state index >= 15 is 0 Å². The van der Waals surface area contributed by atoms with Crippen molar-refractivity contribution >= 4 is 32.0 Å². The Morgan fingerprint density at radius 1 is 1.32 bits per heavy atom. The van der Waals surface area contributed by atoms with Gasteiger partial charge >= 0.3 is 6.09 Å². The highest BCUT2D eigenvalue weighted by Gasteiger charge is 2.32. The molecule has 140 valence electrons. The molecule has 2 rings (SSSR count). The molecule has 1 N–H and O–H groups in total. The highest BCUT2D eigenvalue weighted by Crippen LogP contribution is 2.21. The van der Waals surface area contributed by atoms with E-state index in [2.05, 4.69) is 20.7 Å². The first-order valence-corrected chi connectivity index (χ1v) is 10.9. The number of halogens is 1. The number of alkyl halides is 1. The lowest BCUT2D eigenvalue weighted by Crippen LogP contribution is -2.45. The summed E-state index contributed by atoms with van der Waals surface area (Å²) in [6.45, 7) is 6.21. The lowest BCUT2D eigenvalue weighted by Gasteiger charge is -2.28. The molecule has 8 heteroatoms. The van der Waals surface area contributed by atoms with E-state index in [9.17, 15) is 13.2 Å². The number of hydrogen-bond donors (Lipinski definition) is 1. The average molecular weight is 433 g/mol. The third kappa shape index (κ3) is 5.69. The Balaban J connectivity index is 1.99. The van der Waals surface area contributed by atoms with Gasteiger partial charge in [0.25, 0.3) is 0 Å². The first kappa shape index (κ1) is 20.2. The Bertz CT molecular complexity index is 698. The number of carbonyl (C=O) groups excluding carboxylic acids is 1. The molecule has 0 aromatic heterocycles. The van der Waals surface area contributed by atoms with Crippen LogP contribution < -0.4 is 4.72 Å². The van der Waals surface area contributed by atoms with E-state index in [0.29, 0.717) is 11.9 Å². The molecule has 1 amide bonds. The fourth-order valence-corrected chi connectivity index (χ4v) is 4.10. The van der Waals surface area contributed by atoms with Crippen LogP contribution in [0.25, 0.3) is 0 Å². The van der Waals surface area contributed by atoms with Crippen LogP contribution in [-0.4, -0.2) is 44.1 Å². The van der Waals surface area contributed by atoms with E-state index in [-0.39, 0.29) is 17.5 Å². The van der Waals surface area contributed by atoms with Crippen LogP contribution in [0.5, 0.6) is 0 Å². The lowest BCUT2D eigenvalue weighted by atomic mass is 10.2. The third-order valence-electron chi connectivity index (χ3n) is 3.90. The largest absolute Gasteiger partial charge is 0.444 e. The van der Waals surface area contributed by atoms with Crippen LogP contribution in [0.2, 0.25) is 0 Å². The highest BCUT2D eigenvalue weighted by atomic mass is 79.9. The molecule has 1 aromatic carbocycles. The van der Waals surface area contributed by atoms with Gasteiger partial charge in [-0.3, -0.25) is 0 Å². The predicted octanol–water partition coefficient (Wildman–Crippen LogP) is 3.26. The summed E-state index contributed by atoms with van der Waals surface area (Å²) in [4.78, 5) is 14.1. The van der Waals surface area contributed by atoms with Crippen LogP contribution in [0.15, 0.2) is 29.2 Å². The minimum atomic E-state index is -3.60. The monoisotopic (exact) mass is 432 g/mol. The van der Waals surface area contributed by atoms with Crippen LogP contribution in [-0.2, 0) is 20.1 Å². The van der Waals surface area contributed by atoms with Gasteiger partial charge in [-0.2, -0.15) is 0 Å². The second kappa shape index (κ2) is 8.05. The number of carbonyl (C=O) groups is 1. The number of nitrogens with one attached hydrogen (secondary N) is 1. The minimum Gasteiger partial charge on any atom is -0.444 e. The number of benzene rings is 1. The van der Waals surface area contributed by atoms with Crippen molar-refractivity contribution in [1.29, 1.82) is 0 Å². The molecule has 1 aliphatic rings. The zero-order valence-electron chi connectivity index (χ0n) is 14.8. The van der Waals surface area contributed by atoms with Gasteiger partial charge in [0.15, 0.2) is 0 Å². The maximum atomic E-state index is 12.4. The molecule has 1 heterocycles. The van der Waals surface area contributed by atoms with E-state index in [1.807, 2.05) is 20.8 Å². The van der Waals surface area contributed by atoms with E-state index in [4.69, 9.17) is 4.74 Å². The molecule has 0 unspecified atom stereocenters. The van der Waals surface area contributed by atoms with Crippen LogP contribution in [0.1, 0.15) is 39.2 Å². The first-order valence-electron chi connectivity index (χ1n) is 8.26. The van der Waals surface area contributed by atoms with E-state index in [1.165, 1.54) is 0 Å². The van der Waals surface area contributed by atoms with Crippen molar-refractivity contribution in [3.8, 4) is 0 Å². The van der Waals surface area contributed by atoms with E-state index in [1.54, 1.807) is 29.2 Å². The molecular weight excluding hydrogens is 408 g/mol. The predicted molar refractivity (Wildman–Crippen MR) is 100 cm³/mol. The summed E-state index contributed by atoms with van der Waals surface area (Å²) < 4.78 is 32.9. The molecule has 1 aliphatic heterocycles. The molecule has 0 bridgehead atoms. The summed E-state index contributed by atoms with van der Waals surface area (Å²) in [5, 5.41) is 0.674. The van der Waals surface area contributed by atoms with Crippen molar-refractivity contribution in [2.45, 2.75) is 55.5 Å². The Morgan fingerprint density at radius 3 is 2.52 bits per heavy atom. The summed E-state index contributed by atoms with van der Waals surface area (Å²) in [7, 11) is -3.60. The van der Waals surface area contributed by atoms with Crippen molar-refractivity contribution in [1.82, 2.24) is 9.62 Å². The second-order valence-corrected chi connectivity index (χ2v) is 9.43. The van der Waals surface area contributed by atoms with Gasteiger partial charge in [0.2, 0.25) is 10.0 Å². The van der Waals surface area contributed by atoms with Crippen molar-refractivity contribution in [2.24, 2.45) is 0 Å². The van der Waals surface area contributed by atoms with Crippen LogP contribution >= 0.6 is 15.9 Å². The summed E-state index contributed by atoms with van der Waals surface area (Å²) in [5.41, 5.74) is 0.437. The number of ether oxygens (including phenoxy) is 1. The molecule has 1 fully saturated rings. The maximum Gasteiger partial charge on any atom is 0.410 e. The lowest BCUT2D eigenvalue weighted by molar-refractivity contribution is 0.0229. The zero-order chi connectivity index (χ0) is 18.7. The number of hydrogen-bond acceptors (Lipinski definition) is 4. The molecule has 25 heavy (non-hydrogen) atoms. The average Bonchev–Trinajstić information content (AvgIpc) is 3.00. The van der Waals surface area contributed by atoms with Crippen molar-refractivity contribution in [3.63, 3.8) is 0 Å². The SMILES string of the molecule is CC(C)(C)OC(=O)N1CCC[C@H]1CNS(=O)(=O)c1ccc(CBr)cc1. The fourth-order valence-electron chi connectivity index (χ4n) is 2.66. The summed E-state index contributed by atoms with van der Waals surface area (Å²) in [5.74, 6) is 0. The summed E-state index contributed by atoms with van der Waals surface area (Å²) >= 11 is 3.33. The van der Waals surface area contributed by atoms with Gasteiger partial charge in [0, 0.05) is 24.5 Å². The molecule has 0 spiro atoms. The van der Waals surface area contributed by atoms with Crippen molar-refractivity contribution in [3.05, 3.63) is 29.8 Å². The Morgan fingerprint density at radius 2 is 1.96 bits per heavy atom. The summed E-state index contributed by atoms with van der Waals surface area (Å²) in [6.07, 6.45) is 1.20. The third-order valence-corrected chi connectivity index (χ3v) is 5.99. The molecule has 6 nitrogen and oxygen atoms in total. The van der Waals surface area contributed by atoms with Gasteiger partial charge in [0.05, 0.1) is 4.90 Å². The van der Waals surface area contributed by atoms with E-state index < -0.39 is 21.7 Å². The topological polar surface area (TPSA) is 75.7 Å². The first-order chi connectivity index (χ1) is 11.6. The standard InChI is InChI=1S/C17H25BrN2O4S/c1-17(2,3)24-16(21)20-10-4-5-14(20)12-19-25(22,23)15-8-6-13(11-18)7-9-15/h6-9,14,19H,4-5,10-12H2,1-3H3/t14-/m0/s1. The van der Waals surface area contributed by atoms with Crippen molar-refractivity contribution < 1.29 is 17.9 Å². The van der Waals surface area contributed by atoms with Gasteiger partial charge in [-0.05, 0) is 51.3 Å². The molecule has 0 radical (unpaired) electrons.